The van der Waals surface area contributed by atoms with Crippen LogP contribution >= 0.6 is 0 Å². The molecule has 0 amide bonds. The lowest BCUT2D eigenvalue weighted by Crippen LogP contribution is -2.27. The smallest absolute Gasteiger partial charge is 0.209 e. The molecule has 5 nitrogen and oxygen atoms in total. The molecule has 1 heterocycles. The number of aryl methyl sites for hydroxylation is 1. The predicted octanol–water partition coefficient (Wildman–Crippen LogP) is 4.50. The third-order valence-corrected chi connectivity index (χ3v) is 4.10. The summed E-state index contributed by atoms with van der Waals surface area (Å²) in [5, 5.41) is 14.5. The summed E-state index contributed by atoms with van der Waals surface area (Å²) in [5.41, 5.74) is 2.29. The zero-order valence-corrected chi connectivity index (χ0v) is 15.2. The number of anilines is 1. The Morgan fingerprint density at radius 3 is 2.35 bits per heavy atom. The van der Waals surface area contributed by atoms with Crippen molar-refractivity contribution in [2.75, 3.05) is 11.9 Å². The van der Waals surface area contributed by atoms with E-state index < -0.39 is 0 Å². The van der Waals surface area contributed by atoms with Crippen LogP contribution in [0.25, 0.3) is 0 Å². The monoisotopic (exact) mass is 349 g/mol. The number of nitriles is 1. The molecule has 2 aromatic rings. The fraction of sp³-hybridized carbons (Fsp3) is 0.381. The lowest BCUT2D eigenvalue weighted by molar-refractivity contribution is 0.597. The number of rotatable bonds is 10. The Hall–Kier alpha value is -2.87. The van der Waals surface area contributed by atoms with Gasteiger partial charge in [0.1, 0.15) is 0 Å². The van der Waals surface area contributed by atoms with E-state index in [2.05, 4.69) is 50.9 Å². The van der Waals surface area contributed by atoms with E-state index in [4.69, 9.17) is 5.26 Å². The highest BCUT2D eigenvalue weighted by Crippen LogP contribution is 2.10. The minimum absolute atomic E-state index is 0.488. The van der Waals surface area contributed by atoms with Gasteiger partial charge in [0, 0.05) is 24.6 Å². The van der Waals surface area contributed by atoms with E-state index in [9.17, 15) is 0 Å². The van der Waals surface area contributed by atoms with Gasteiger partial charge in [0.15, 0.2) is 6.19 Å². The van der Waals surface area contributed by atoms with Gasteiger partial charge < -0.3 is 5.32 Å². The van der Waals surface area contributed by atoms with Gasteiger partial charge >= 0.3 is 0 Å². The Morgan fingerprint density at radius 2 is 1.62 bits per heavy atom. The van der Waals surface area contributed by atoms with Gasteiger partial charge in [-0.05, 0) is 37.0 Å². The highest BCUT2D eigenvalue weighted by atomic mass is 15.2. The van der Waals surface area contributed by atoms with Gasteiger partial charge in [-0.25, -0.2) is 0 Å². The van der Waals surface area contributed by atoms with Crippen molar-refractivity contribution in [3.63, 3.8) is 0 Å². The summed E-state index contributed by atoms with van der Waals surface area (Å²) in [6, 6.07) is 14.4. The molecule has 136 valence electrons. The average molecular weight is 349 g/mol. The molecule has 0 spiro atoms. The molecule has 0 saturated heterocycles. The minimum Gasteiger partial charge on any atom is -0.325 e. The number of hydrogen-bond acceptors (Lipinski definition) is 3. The second-order valence-electron chi connectivity index (χ2n) is 6.18. The van der Waals surface area contributed by atoms with Gasteiger partial charge in [-0.1, -0.05) is 56.0 Å². The lowest BCUT2D eigenvalue weighted by Gasteiger charge is -2.07. The SMILES string of the molecule is N#CNC(=NCCCCCCCCc1ccccc1)Nc1ccncc1. The van der Waals surface area contributed by atoms with Gasteiger partial charge in [-0.15, -0.1) is 0 Å². The molecule has 0 aliphatic heterocycles. The number of benzene rings is 1. The van der Waals surface area contributed by atoms with Crippen LogP contribution < -0.4 is 10.6 Å². The molecular weight excluding hydrogens is 322 g/mol. The maximum atomic E-state index is 8.83. The van der Waals surface area contributed by atoms with Crippen molar-refractivity contribution in [3.8, 4) is 6.19 Å². The number of aliphatic imine (C=N–C) groups is 1. The van der Waals surface area contributed by atoms with Crippen LogP contribution in [0.1, 0.15) is 44.1 Å². The van der Waals surface area contributed by atoms with Crippen LogP contribution in [0.5, 0.6) is 0 Å². The Bertz CT molecular complexity index is 677. The van der Waals surface area contributed by atoms with Crippen LogP contribution in [0.3, 0.4) is 0 Å². The minimum atomic E-state index is 0.488. The van der Waals surface area contributed by atoms with Crippen LogP contribution in [-0.2, 0) is 6.42 Å². The molecule has 0 fully saturated rings. The first-order valence-electron chi connectivity index (χ1n) is 9.29. The van der Waals surface area contributed by atoms with Crippen molar-refractivity contribution in [1.82, 2.24) is 10.3 Å². The number of hydrogen-bond donors (Lipinski definition) is 2. The topological polar surface area (TPSA) is 73.1 Å². The zero-order valence-electron chi connectivity index (χ0n) is 15.2. The molecule has 2 rings (SSSR count). The van der Waals surface area contributed by atoms with Gasteiger partial charge in [0.05, 0.1) is 0 Å². The molecule has 2 N–H and O–H groups in total. The van der Waals surface area contributed by atoms with Crippen LogP contribution in [0.2, 0.25) is 0 Å². The maximum Gasteiger partial charge on any atom is 0.209 e. The third kappa shape index (κ3) is 8.29. The Labute approximate surface area is 156 Å². The highest BCUT2D eigenvalue weighted by Gasteiger charge is 1.99. The summed E-state index contributed by atoms with van der Waals surface area (Å²) >= 11 is 0. The van der Waals surface area contributed by atoms with Crippen molar-refractivity contribution < 1.29 is 0 Å². The van der Waals surface area contributed by atoms with E-state index in [1.807, 2.05) is 18.3 Å². The molecule has 26 heavy (non-hydrogen) atoms. The molecule has 0 aliphatic rings. The summed E-state index contributed by atoms with van der Waals surface area (Å²) in [7, 11) is 0. The Kier molecular flexibility index (Phi) is 9.34. The van der Waals surface area contributed by atoms with Gasteiger partial charge in [-0.3, -0.25) is 15.3 Å². The van der Waals surface area contributed by atoms with Crippen molar-refractivity contribution in [1.29, 1.82) is 5.26 Å². The molecule has 0 atom stereocenters. The molecule has 0 saturated carbocycles. The number of pyridine rings is 1. The Morgan fingerprint density at radius 1 is 0.923 bits per heavy atom. The largest absolute Gasteiger partial charge is 0.325 e. The molecule has 0 radical (unpaired) electrons. The standard InChI is InChI=1S/C21H27N5/c22-18-25-21(26-20-13-16-23-17-14-20)24-15-9-4-2-1-3-6-10-19-11-7-5-8-12-19/h5,7-8,11-14,16-17H,1-4,6,9-10,15H2,(H2,23,24,25,26). The maximum absolute atomic E-state index is 8.83. The summed E-state index contributed by atoms with van der Waals surface area (Å²) < 4.78 is 0. The number of nitrogens with one attached hydrogen (secondary N) is 2. The van der Waals surface area contributed by atoms with E-state index in [0.29, 0.717) is 12.5 Å². The Balaban J connectivity index is 1.55. The third-order valence-electron chi connectivity index (χ3n) is 4.10. The average Bonchev–Trinajstić information content (AvgIpc) is 2.68. The number of unbranched alkanes of at least 4 members (excludes halogenated alkanes) is 5. The van der Waals surface area contributed by atoms with Gasteiger partial charge in [0.2, 0.25) is 5.96 Å². The van der Waals surface area contributed by atoms with E-state index in [0.717, 1.165) is 12.1 Å². The lowest BCUT2D eigenvalue weighted by atomic mass is 10.1. The van der Waals surface area contributed by atoms with Crippen LogP contribution in [0.15, 0.2) is 59.9 Å². The van der Waals surface area contributed by atoms with Gasteiger partial charge in [0.25, 0.3) is 0 Å². The van der Waals surface area contributed by atoms with E-state index in [1.54, 1.807) is 12.4 Å². The second kappa shape index (κ2) is 12.5. The predicted molar refractivity (Wildman–Crippen MR) is 107 cm³/mol. The van der Waals surface area contributed by atoms with E-state index in [-0.39, 0.29) is 0 Å². The number of aromatic nitrogens is 1. The molecule has 0 aliphatic carbocycles. The molecule has 0 unspecified atom stereocenters. The second-order valence-corrected chi connectivity index (χ2v) is 6.18. The van der Waals surface area contributed by atoms with Crippen molar-refractivity contribution >= 4 is 11.6 Å². The van der Waals surface area contributed by atoms with Gasteiger partial charge in [-0.2, -0.15) is 5.26 Å². The summed E-state index contributed by atoms with van der Waals surface area (Å²) in [6.45, 7) is 0.714. The summed E-state index contributed by atoms with van der Waals surface area (Å²) in [5.74, 6) is 0.488. The first-order valence-corrected chi connectivity index (χ1v) is 9.29. The van der Waals surface area contributed by atoms with Crippen LogP contribution in [-0.4, -0.2) is 17.5 Å². The highest BCUT2D eigenvalue weighted by molar-refractivity contribution is 5.94. The molecule has 1 aromatic heterocycles. The number of guanidine groups is 1. The fourth-order valence-corrected chi connectivity index (χ4v) is 2.72. The van der Waals surface area contributed by atoms with E-state index in [1.165, 1.54) is 44.1 Å². The van der Waals surface area contributed by atoms with Crippen LogP contribution in [0, 0.1) is 11.5 Å². The molecule has 5 heteroatoms. The molecule has 0 bridgehead atoms. The van der Waals surface area contributed by atoms with E-state index >= 15 is 0 Å². The zero-order chi connectivity index (χ0) is 18.3. The first kappa shape index (κ1) is 19.5. The fourth-order valence-electron chi connectivity index (χ4n) is 2.72. The summed E-state index contributed by atoms with van der Waals surface area (Å²) in [6.07, 6.45) is 13.7. The normalized spacial score (nSPS) is 11.0. The quantitative estimate of drug-likeness (QED) is 0.218. The van der Waals surface area contributed by atoms with Crippen molar-refractivity contribution in [2.24, 2.45) is 4.99 Å². The van der Waals surface area contributed by atoms with Crippen LogP contribution in [0.4, 0.5) is 5.69 Å². The molecule has 1 aromatic carbocycles. The summed E-state index contributed by atoms with van der Waals surface area (Å²) in [4.78, 5) is 8.40. The van der Waals surface area contributed by atoms with Crippen molar-refractivity contribution in [3.05, 3.63) is 60.4 Å². The number of nitrogens with zero attached hydrogens (tertiary/aromatic N) is 3. The molecular formula is C21H27N5. The van der Waals surface area contributed by atoms with Crippen molar-refractivity contribution in [2.45, 2.75) is 44.9 Å². The first-order chi connectivity index (χ1) is 12.9.